The first kappa shape index (κ1) is 12.6. The Morgan fingerprint density at radius 1 is 1.25 bits per heavy atom. The van der Waals surface area contributed by atoms with Gasteiger partial charge in [0.25, 0.3) is 0 Å². The van der Waals surface area contributed by atoms with E-state index in [1.54, 1.807) is 0 Å². The highest BCUT2D eigenvalue weighted by Gasteiger charge is 2.18. The molecule has 5 nitrogen and oxygen atoms in total. The number of aliphatic hydroxyl groups is 1. The number of rotatable bonds is 5. The smallest absolute Gasteiger partial charge is 0.131 e. The van der Waals surface area contributed by atoms with E-state index in [4.69, 9.17) is 20.3 Å². The normalized spacial score (nSPS) is 12.2. The highest BCUT2D eigenvalue weighted by molar-refractivity contribution is 5.51. The van der Waals surface area contributed by atoms with E-state index < -0.39 is 6.04 Å². The van der Waals surface area contributed by atoms with Crippen LogP contribution in [0.2, 0.25) is 0 Å². The van der Waals surface area contributed by atoms with Crippen molar-refractivity contribution in [3.8, 4) is 17.2 Å². The molecule has 16 heavy (non-hydrogen) atoms. The average Bonchev–Trinajstić information content (AvgIpc) is 2.27. The maximum absolute atomic E-state index is 9.44. The van der Waals surface area contributed by atoms with Crippen molar-refractivity contribution in [2.45, 2.75) is 12.5 Å². The standard InChI is InChI=1S/C11H17NO4/c1-15-9-5-7(14)6-10(16-2)11(9)8(12)3-4-13/h5-6,8,13-14H,3-4,12H2,1-2H3/t8-/m0/s1. The van der Waals surface area contributed by atoms with E-state index in [-0.39, 0.29) is 12.4 Å². The molecule has 0 unspecified atom stereocenters. The molecule has 0 radical (unpaired) electrons. The van der Waals surface area contributed by atoms with Gasteiger partial charge in [-0.15, -0.1) is 0 Å². The molecule has 0 amide bonds. The van der Waals surface area contributed by atoms with E-state index in [9.17, 15) is 5.11 Å². The number of phenolic OH excluding ortho intramolecular Hbond substituents is 1. The lowest BCUT2D eigenvalue weighted by Gasteiger charge is -2.18. The quantitative estimate of drug-likeness (QED) is 0.692. The van der Waals surface area contributed by atoms with Crippen molar-refractivity contribution in [2.75, 3.05) is 20.8 Å². The fraction of sp³-hybridized carbons (Fsp3) is 0.455. The monoisotopic (exact) mass is 227 g/mol. The molecule has 1 rings (SSSR count). The SMILES string of the molecule is COc1cc(O)cc(OC)c1[C@@H](N)CCO. The molecule has 0 saturated carbocycles. The van der Waals surface area contributed by atoms with Gasteiger partial charge in [-0.1, -0.05) is 0 Å². The highest BCUT2D eigenvalue weighted by Crippen LogP contribution is 2.37. The van der Waals surface area contributed by atoms with E-state index in [1.807, 2.05) is 0 Å². The van der Waals surface area contributed by atoms with E-state index in [2.05, 4.69) is 0 Å². The highest BCUT2D eigenvalue weighted by atomic mass is 16.5. The van der Waals surface area contributed by atoms with Crippen LogP contribution in [0.3, 0.4) is 0 Å². The molecule has 1 atom stereocenters. The van der Waals surface area contributed by atoms with Gasteiger partial charge in [0.05, 0.1) is 19.8 Å². The van der Waals surface area contributed by atoms with Gasteiger partial charge in [0.15, 0.2) is 0 Å². The van der Waals surface area contributed by atoms with Gasteiger partial charge < -0.3 is 25.4 Å². The van der Waals surface area contributed by atoms with Gasteiger partial charge in [-0.2, -0.15) is 0 Å². The molecular weight excluding hydrogens is 210 g/mol. The van der Waals surface area contributed by atoms with Crippen molar-refractivity contribution < 1.29 is 19.7 Å². The molecule has 0 spiro atoms. The molecule has 0 aliphatic heterocycles. The first-order valence-electron chi connectivity index (χ1n) is 4.95. The zero-order valence-electron chi connectivity index (χ0n) is 9.43. The molecule has 0 fully saturated rings. The Bertz CT molecular complexity index is 329. The summed E-state index contributed by atoms with van der Waals surface area (Å²) in [5.74, 6) is 0.962. The molecule has 0 aliphatic rings. The van der Waals surface area contributed by atoms with E-state index in [0.29, 0.717) is 23.5 Å². The summed E-state index contributed by atoms with van der Waals surface area (Å²) in [6.45, 7) is -0.0195. The molecule has 4 N–H and O–H groups in total. The minimum Gasteiger partial charge on any atom is -0.508 e. The largest absolute Gasteiger partial charge is 0.508 e. The van der Waals surface area contributed by atoms with Crippen LogP contribution in [0.15, 0.2) is 12.1 Å². The second-order valence-corrected chi connectivity index (χ2v) is 3.38. The molecule has 0 saturated heterocycles. The van der Waals surface area contributed by atoms with Crippen molar-refractivity contribution in [3.63, 3.8) is 0 Å². The number of nitrogens with two attached hydrogens (primary N) is 1. The van der Waals surface area contributed by atoms with Crippen LogP contribution >= 0.6 is 0 Å². The lowest BCUT2D eigenvalue weighted by atomic mass is 10.0. The van der Waals surface area contributed by atoms with Crippen LogP contribution in [0.5, 0.6) is 17.2 Å². The molecule has 5 heteroatoms. The first-order chi connectivity index (χ1) is 7.63. The summed E-state index contributed by atoms with van der Waals surface area (Å²) in [4.78, 5) is 0. The van der Waals surface area contributed by atoms with E-state index in [0.717, 1.165) is 0 Å². The summed E-state index contributed by atoms with van der Waals surface area (Å²) >= 11 is 0. The van der Waals surface area contributed by atoms with Gasteiger partial charge in [0, 0.05) is 24.8 Å². The van der Waals surface area contributed by atoms with Gasteiger partial charge in [-0.3, -0.25) is 0 Å². The summed E-state index contributed by atoms with van der Waals surface area (Å²) in [6.07, 6.45) is 0.400. The van der Waals surface area contributed by atoms with Crippen LogP contribution in [0.4, 0.5) is 0 Å². The van der Waals surface area contributed by atoms with Crippen LogP contribution < -0.4 is 15.2 Å². The first-order valence-corrected chi connectivity index (χ1v) is 4.95. The predicted molar refractivity (Wildman–Crippen MR) is 59.8 cm³/mol. The lowest BCUT2D eigenvalue weighted by molar-refractivity contribution is 0.273. The maximum atomic E-state index is 9.44. The van der Waals surface area contributed by atoms with Gasteiger partial charge in [-0.05, 0) is 6.42 Å². The zero-order chi connectivity index (χ0) is 12.1. The topological polar surface area (TPSA) is 84.9 Å². The third kappa shape index (κ3) is 2.56. The van der Waals surface area contributed by atoms with Crippen molar-refractivity contribution in [3.05, 3.63) is 17.7 Å². The summed E-state index contributed by atoms with van der Waals surface area (Å²) in [5, 5.41) is 18.3. The number of aromatic hydroxyl groups is 1. The Morgan fingerprint density at radius 2 is 1.75 bits per heavy atom. The Hall–Kier alpha value is -1.46. The Morgan fingerprint density at radius 3 is 2.12 bits per heavy atom. The Labute approximate surface area is 94.4 Å². The predicted octanol–water partition coefficient (Wildman–Crippen LogP) is 0.792. The molecule has 0 aliphatic carbocycles. The Balaban J connectivity index is 3.21. The van der Waals surface area contributed by atoms with Crippen LogP contribution in [0.1, 0.15) is 18.0 Å². The number of methoxy groups -OCH3 is 2. The third-order valence-electron chi connectivity index (χ3n) is 2.34. The third-order valence-corrected chi connectivity index (χ3v) is 2.34. The van der Waals surface area contributed by atoms with Gasteiger partial charge in [0.2, 0.25) is 0 Å². The molecule has 1 aromatic carbocycles. The van der Waals surface area contributed by atoms with Crippen LogP contribution in [0, 0.1) is 0 Å². The van der Waals surface area contributed by atoms with Crippen LogP contribution in [-0.4, -0.2) is 31.0 Å². The van der Waals surface area contributed by atoms with Gasteiger partial charge in [-0.25, -0.2) is 0 Å². The Kier molecular flexibility index (Phi) is 4.39. The number of hydrogen-bond acceptors (Lipinski definition) is 5. The van der Waals surface area contributed by atoms with Crippen molar-refractivity contribution in [1.29, 1.82) is 0 Å². The number of ether oxygens (including phenoxy) is 2. The second-order valence-electron chi connectivity index (χ2n) is 3.38. The number of benzene rings is 1. The maximum Gasteiger partial charge on any atom is 0.131 e. The molecule has 1 aromatic rings. The molecular formula is C11H17NO4. The fourth-order valence-corrected chi connectivity index (χ4v) is 1.57. The van der Waals surface area contributed by atoms with E-state index in [1.165, 1.54) is 26.4 Å². The minimum absolute atomic E-state index is 0.0195. The van der Waals surface area contributed by atoms with Crippen molar-refractivity contribution in [1.82, 2.24) is 0 Å². The molecule has 0 heterocycles. The van der Waals surface area contributed by atoms with Crippen LogP contribution in [-0.2, 0) is 0 Å². The van der Waals surface area contributed by atoms with Crippen molar-refractivity contribution in [2.24, 2.45) is 5.73 Å². The average molecular weight is 227 g/mol. The van der Waals surface area contributed by atoms with Gasteiger partial charge in [0.1, 0.15) is 17.2 Å². The summed E-state index contributed by atoms with van der Waals surface area (Å²) in [5.41, 5.74) is 6.56. The minimum atomic E-state index is -0.393. The van der Waals surface area contributed by atoms with Gasteiger partial charge >= 0.3 is 0 Å². The van der Waals surface area contributed by atoms with Crippen LogP contribution in [0.25, 0.3) is 0 Å². The molecule has 0 aromatic heterocycles. The number of hydrogen-bond donors (Lipinski definition) is 3. The number of phenols is 1. The van der Waals surface area contributed by atoms with Crippen molar-refractivity contribution >= 4 is 0 Å². The molecule has 90 valence electrons. The zero-order valence-corrected chi connectivity index (χ0v) is 9.43. The summed E-state index contributed by atoms with van der Waals surface area (Å²) in [7, 11) is 2.98. The summed E-state index contributed by atoms with van der Waals surface area (Å²) in [6, 6.07) is 2.54. The van der Waals surface area contributed by atoms with E-state index >= 15 is 0 Å². The lowest BCUT2D eigenvalue weighted by Crippen LogP contribution is -2.14. The number of aliphatic hydroxyl groups excluding tert-OH is 1. The second kappa shape index (κ2) is 5.58. The molecule has 0 bridgehead atoms. The summed E-state index contributed by atoms with van der Waals surface area (Å²) < 4.78 is 10.3. The fourth-order valence-electron chi connectivity index (χ4n) is 1.57.